The van der Waals surface area contributed by atoms with Crippen LogP contribution < -0.4 is 10.6 Å². The smallest absolute Gasteiger partial charge is 0.221 e. The summed E-state index contributed by atoms with van der Waals surface area (Å²) < 4.78 is 1.04. The minimum absolute atomic E-state index is 0.0175. The van der Waals surface area contributed by atoms with Gasteiger partial charge in [0.15, 0.2) is 0 Å². The molecule has 94 valence electrons. The van der Waals surface area contributed by atoms with Gasteiger partial charge in [-0.2, -0.15) is 0 Å². The van der Waals surface area contributed by atoms with Gasteiger partial charge < -0.3 is 10.6 Å². The van der Waals surface area contributed by atoms with E-state index in [0.29, 0.717) is 13.0 Å². The zero-order valence-corrected chi connectivity index (χ0v) is 11.6. The maximum Gasteiger partial charge on any atom is 0.221 e. The molecule has 1 amide bonds. The van der Waals surface area contributed by atoms with Crippen LogP contribution in [0.1, 0.15) is 6.42 Å². The van der Waals surface area contributed by atoms with Gasteiger partial charge in [0.2, 0.25) is 5.91 Å². The largest absolute Gasteiger partial charge is 0.369 e. The number of benzene rings is 1. The minimum Gasteiger partial charge on any atom is -0.369 e. The Morgan fingerprint density at radius 3 is 2.94 bits per heavy atom. The number of halogens is 1. The fourth-order valence-corrected chi connectivity index (χ4v) is 2.23. The van der Waals surface area contributed by atoms with Gasteiger partial charge in [-0.3, -0.25) is 4.79 Å². The lowest BCUT2D eigenvalue weighted by molar-refractivity contribution is -0.120. The Hall–Kier alpha value is -1.62. The van der Waals surface area contributed by atoms with Gasteiger partial charge in [-0.15, -0.1) is 0 Å². The fraction of sp³-hybridized carbons (Fsp3) is 0.231. The molecule has 0 fully saturated rings. The highest BCUT2D eigenvalue weighted by Crippen LogP contribution is 2.27. The second-order valence-corrected chi connectivity index (χ2v) is 4.70. The Balaban J connectivity index is 2.18. The van der Waals surface area contributed by atoms with Crippen molar-refractivity contribution in [2.45, 2.75) is 6.42 Å². The number of aromatic nitrogens is 1. The van der Waals surface area contributed by atoms with E-state index in [9.17, 15) is 4.79 Å². The van der Waals surface area contributed by atoms with Crippen LogP contribution in [0, 0.1) is 0 Å². The molecule has 0 aliphatic carbocycles. The van der Waals surface area contributed by atoms with Gasteiger partial charge >= 0.3 is 0 Å². The Kier molecular flexibility index (Phi) is 4.15. The van der Waals surface area contributed by atoms with Gasteiger partial charge in [-0.1, -0.05) is 28.1 Å². The number of carbonyl (C=O) groups is 1. The molecular weight excluding hydrogens is 294 g/mol. The number of fused-ring (bicyclic) bond motifs is 1. The summed E-state index contributed by atoms with van der Waals surface area (Å²) in [4.78, 5) is 15.4. The van der Waals surface area contributed by atoms with Gasteiger partial charge in [0.1, 0.15) is 5.82 Å². The molecule has 1 aromatic heterocycles. The molecule has 0 aliphatic rings. The first-order valence-electron chi connectivity index (χ1n) is 5.70. The minimum atomic E-state index is 0.0175. The van der Waals surface area contributed by atoms with E-state index < -0.39 is 0 Å². The van der Waals surface area contributed by atoms with Crippen LogP contribution in [0.25, 0.3) is 10.8 Å². The number of pyridine rings is 1. The van der Waals surface area contributed by atoms with Crippen molar-refractivity contribution < 1.29 is 4.79 Å². The molecule has 18 heavy (non-hydrogen) atoms. The average Bonchev–Trinajstić information content (AvgIpc) is 2.39. The van der Waals surface area contributed by atoms with E-state index in [2.05, 4.69) is 31.5 Å². The van der Waals surface area contributed by atoms with E-state index in [-0.39, 0.29) is 5.91 Å². The zero-order chi connectivity index (χ0) is 13.0. The number of rotatable bonds is 4. The maximum atomic E-state index is 11.1. The van der Waals surface area contributed by atoms with E-state index >= 15 is 0 Å². The van der Waals surface area contributed by atoms with Crippen LogP contribution in [-0.2, 0) is 4.79 Å². The number of anilines is 1. The predicted molar refractivity (Wildman–Crippen MR) is 76.6 cm³/mol. The molecule has 0 saturated carbocycles. The average molecular weight is 308 g/mol. The molecule has 0 saturated heterocycles. The van der Waals surface area contributed by atoms with Crippen molar-refractivity contribution >= 4 is 38.4 Å². The normalized spacial score (nSPS) is 10.3. The molecular formula is C13H14BrN3O. The second kappa shape index (κ2) is 5.82. The van der Waals surface area contributed by atoms with E-state index in [1.807, 2.05) is 24.3 Å². The molecule has 0 bridgehead atoms. The molecule has 1 heterocycles. The topological polar surface area (TPSA) is 54.0 Å². The first kappa shape index (κ1) is 12.8. The molecule has 4 nitrogen and oxygen atoms in total. The summed E-state index contributed by atoms with van der Waals surface area (Å²) in [5, 5.41) is 7.93. The van der Waals surface area contributed by atoms with Crippen molar-refractivity contribution in [2.75, 3.05) is 18.9 Å². The Morgan fingerprint density at radius 1 is 1.33 bits per heavy atom. The summed E-state index contributed by atoms with van der Waals surface area (Å²) in [7, 11) is 1.63. The monoisotopic (exact) mass is 307 g/mol. The quantitative estimate of drug-likeness (QED) is 0.912. The van der Waals surface area contributed by atoms with E-state index in [4.69, 9.17) is 0 Å². The van der Waals surface area contributed by atoms with E-state index in [1.165, 1.54) is 0 Å². The summed E-state index contributed by atoms with van der Waals surface area (Å²) >= 11 is 3.51. The van der Waals surface area contributed by atoms with Crippen molar-refractivity contribution in [3.63, 3.8) is 0 Å². The highest BCUT2D eigenvalue weighted by Gasteiger charge is 2.04. The van der Waals surface area contributed by atoms with Crippen LogP contribution in [0.3, 0.4) is 0 Å². The third kappa shape index (κ3) is 2.79. The molecule has 2 rings (SSSR count). The Bertz CT molecular complexity index is 571. The van der Waals surface area contributed by atoms with Crippen molar-refractivity contribution in [2.24, 2.45) is 0 Å². The van der Waals surface area contributed by atoms with E-state index in [1.54, 1.807) is 13.2 Å². The summed E-state index contributed by atoms with van der Waals surface area (Å²) in [5.74, 6) is 0.821. The fourth-order valence-electron chi connectivity index (χ4n) is 1.73. The predicted octanol–water partition coefficient (Wildman–Crippen LogP) is 2.55. The SMILES string of the molecule is CNC(=O)CCNc1nccc2c(Br)cccc12. The molecule has 1 aromatic carbocycles. The number of carbonyl (C=O) groups excluding carboxylic acids is 1. The molecule has 0 aliphatic heterocycles. The Labute approximate surface area is 114 Å². The zero-order valence-electron chi connectivity index (χ0n) is 10.0. The van der Waals surface area contributed by atoms with Crippen LogP contribution in [-0.4, -0.2) is 24.5 Å². The highest BCUT2D eigenvalue weighted by molar-refractivity contribution is 9.10. The summed E-state index contributed by atoms with van der Waals surface area (Å²) in [5.41, 5.74) is 0. The molecule has 0 radical (unpaired) electrons. The van der Waals surface area contributed by atoms with Crippen LogP contribution in [0.2, 0.25) is 0 Å². The van der Waals surface area contributed by atoms with Gasteiger partial charge in [0, 0.05) is 41.5 Å². The van der Waals surface area contributed by atoms with Crippen molar-refractivity contribution in [1.82, 2.24) is 10.3 Å². The number of nitrogens with one attached hydrogen (secondary N) is 2. The van der Waals surface area contributed by atoms with Crippen LogP contribution in [0.4, 0.5) is 5.82 Å². The van der Waals surface area contributed by atoms with Gasteiger partial charge in [-0.05, 0) is 12.1 Å². The van der Waals surface area contributed by atoms with Crippen LogP contribution in [0.5, 0.6) is 0 Å². The van der Waals surface area contributed by atoms with Gasteiger partial charge in [0.05, 0.1) is 0 Å². The highest BCUT2D eigenvalue weighted by atomic mass is 79.9. The lowest BCUT2D eigenvalue weighted by Crippen LogP contribution is -2.21. The van der Waals surface area contributed by atoms with Crippen LogP contribution in [0.15, 0.2) is 34.9 Å². The first-order valence-corrected chi connectivity index (χ1v) is 6.49. The van der Waals surface area contributed by atoms with Crippen LogP contribution >= 0.6 is 15.9 Å². The number of hydrogen-bond acceptors (Lipinski definition) is 3. The lowest BCUT2D eigenvalue weighted by atomic mass is 10.1. The molecule has 0 spiro atoms. The molecule has 2 N–H and O–H groups in total. The molecule has 0 unspecified atom stereocenters. The summed E-state index contributed by atoms with van der Waals surface area (Å²) in [6, 6.07) is 7.94. The molecule has 2 aromatic rings. The number of amides is 1. The molecule has 0 atom stereocenters. The number of hydrogen-bond donors (Lipinski definition) is 2. The molecule has 5 heteroatoms. The van der Waals surface area contributed by atoms with Gasteiger partial charge in [0.25, 0.3) is 0 Å². The second-order valence-electron chi connectivity index (χ2n) is 3.84. The van der Waals surface area contributed by atoms with Crippen molar-refractivity contribution in [3.05, 3.63) is 34.9 Å². The third-order valence-electron chi connectivity index (χ3n) is 2.68. The lowest BCUT2D eigenvalue weighted by Gasteiger charge is -2.09. The summed E-state index contributed by atoms with van der Waals surface area (Å²) in [6.45, 7) is 0.568. The first-order chi connectivity index (χ1) is 8.72. The maximum absolute atomic E-state index is 11.1. The third-order valence-corrected chi connectivity index (χ3v) is 3.37. The van der Waals surface area contributed by atoms with E-state index in [0.717, 1.165) is 21.1 Å². The summed E-state index contributed by atoms with van der Waals surface area (Å²) in [6.07, 6.45) is 2.19. The Morgan fingerprint density at radius 2 is 2.17 bits per heavy atom. The van der Waals surface area contributed by atoms with Gasteiger partial charge in [-0.25, -0.2) is 4.98 Å². The van der Waals surface area contributed by atoms with Crippen molar-refractivity contribution in [3.8, 4) is 0 Å². The standard InChI is InChI=1S/C13H14BrN3O/c1-15-12(18)6-8-17-13-10-3-2-4-11(14)9(10)5-7-16-13/h2-5,7H,6,8H2,1H3,(H,15,18)(H,16,17). The van der Waals surface area contributed by atoms with Crippen molar-refractivity contribution in [1.29, 1.82) is 0 Å². The number of nitrogens with zero attached hydrogens (tertiary/aromatic N) is 1.